The van der Waals surface area contributed by atoms with Crippen molar-refractivity contribution in [3.8, 4) is 44.5 Å². The molecule has 0 amide bonds. The zero-order chi connectivity index (χ0) is 33.7. The molecule has 1 nitrogen and oxygen atoms in total. The van der Waals surface area contributed by atoms with E-state index in [1.165, 1.54) is 72.1 Å². The van der Waals surface area contributed by atoms with E-state index in [1.807, 2.05) is 0 Å². The second-order valence-electron chi connectivity index (χ2n) is 13.7. The molecule has 0 saturated heterocycles. The first-order valence-electron chi connectivity index (χ1n) is 17.5. The van der Waals surface area contributed by atoms with E-state index >= 15 is 0 Å². The molecule has 1 aliphatic rings. The summed E-state index contributed by atoms with van der Waals surface area (Å²) in [4.78, 5) is 2.49. The summed E-state index contributed by atoms with van der Waals surface area (Å²) >= 11 is 0. The van der Waals surface area contributed by atoms with Gasteiger partial charge in [0.1, 0.15) is 0 Å². The largest absolute Gasteiger partial charge is 0.309 e. The summed E-state index contributed by atoms with van der Waals surface area (Å²) in [6, 6.07) is 68.6. The van der Waals surface area contributed by atoms with Crippen molar-refractivity contribution in [1.29, 1.82) is 0 Å². The van der Waals surface area contributed by atoms with Gasteiger partial charge in [0, 0.05) is 22.2 Å². The Labute approximate surface area is 294 Å². The molecule has 1 heteroatoms. The minimum atomic E-state index is -0.107. The van der Waals surface area contributed by atoms with Crippen LogP contribution >= 0.6 is 0 Å². The predicted octanol–water partition coefficient (Wildman–Crippen LogP) is 13.6. The van der Waals surface area contributed by atoms with Gasteiger partial charge in [0.05, 0.1) is 11.4 Å². The number of nitrogens with zero attached hydrogens (tertiary/aromatic N) is 1. The van der Waals surface area contributed by atoms with Gasteiger partial charge in [0.15, 0.2) is 0 Å². The maximum atomic E-state index is 2.49. The van der Waals surface area contributed by atoms with E-state index in [2.05, 4.69) is 207 Å². The molecule has 0 unspecified atom stereocenters. The average Bonchev–Trinajstić information content (AvgIpc) is 3.42. The van der Waals surface area contributed by atoms with Crippen LogP contribution in [0.15, 0.2) is 188 Å². The molecule has 8 aromatic carbocycles. The Balaban J connectivity index is 1.32. The van der Waals surface area contributed by atoms with Crippen LogP contribution in [-0.4, -0.2) is 0 Å². The molecule has 0 aromatic heterocycles. The lowest BCUT2D eigenvalue weighted by Gasteiger charge is -2.31. The average molecular weight is 640 g/mol. The molecule has 0 N–H and O–H groups in total. The molecular formula is C49H37N. The molecule has 238 valence electrons. The summed E-state index contributed by atoms with van der Waals surface area (Å²) in [6.45, 7) is 4.71. The van der Waals surface area contributed by atoms with Gasteiger partial charge in [0.25, 0.3) is 0 Å². The highest BCUT2D eigenvalue weighted by atomic mass is 15.1. The number of para-hydroxylation sites is 1. The SMILES string of the molecule is CC1(C)c2ccccc2-c2c(N(c3ccc(-c4ccccc4)cc3)c3ccccc3-c3cccc4cccc(-c5ccccc5)c34)cccc21. The van der Waals surface area contributed by atoms with Gasteiger partial charge < -0.3 is 4.90 Å². The Morgan fingerprint density at radius 1 is 0.360 bits per heavy atom. The van der Waals surface area contributed by atoms with Crippen LogP contribution in [0.2, 0.25) is 0 Å². The lowest BCUT2D eigenvalue weighted by molar-refractivity contribution is 0.660. The van der Waals surface area contributed by atoms with Crippen LogP contribution in [0, 0.1) is 0 Å². The third-order valence-electron chi connectivity index (χ3n) is 10.5. The summed E-state index contributed by atoms with van der Waals surface area (Å²) < 4.78 is 0. The van der Waals surface area contributed by atoms with Crippen molar-refractivity contribution >= 4 is 27.8 Å². The van der Waals surface area contributed by atoms with Crippen molar-refractivity contribution in [2.24, 2.45) is 0 Å². The van der Waals surface area contributed by atoms with Gasteiger partial charge in [-0.1, -0.05) is 178 Å². The molecule has 50 heavy (non-hydrogen) atoms. The third kappa shape index (κ3) is 4.85. The molecule has 0 atom stereocenters. The zero-order valence-corrected chi connectivity index (χ0v) is 28.3. The maximum absolute atomic E-state index is 2.49. The number of rotatable bonds is 6. The van der Waals surface area contributed by atoms with E-state index in [4.69, 9.17) is 0 Å². The van der Waals surface area contributed by atoms with Gasteiger partial charge in [-0.2, -0.15) is 0 Å². The Morgan fingerprint density at radius 2 is 0.880 bits per heavy atom. The van der Waals surface area contributed by atoms with Crippen LogP contribution in [0.5, 0.6) is 0 Å². The summed E-state index contributed by atoms with van der Waals surface area (Å²) in [5, 5.41) is 2.49. The van der Waals surface area contributed by atoms with Crippen molar-refractivity contribution in [3.63, 3.8) is 0 Å². The summed E-state index contributed by atoms with van der Waals surface area (Å²) in [5.41, 5.74) is 16.0. The molecule has 8 aromatic rings. The van der Waals surface area contributed by atoms with Crippen LogP contribution in [-0.2, 0) is 5.41 Å². The summed E-state index contributed by atoms with van der Waals surface area (Å²) in [5.74, 6) is 0. The molecule has 0 fully saturated rings. The topological polar surface area (TPSA) is 3.24 Å². The van der Waals surface area contributed by atoms with Gasteiger partial charge in [-0.25, -0.2) is 0 Å². The molecule has 0 heterocycles. The first kappa shape index (κ1) is 29.9. The first-order valence-corrected chi connectivity index (χ1v) is 17.5. The standard InChI is InChI=1S/C49H37N/c1-49(2)43-26-11-9-23-42(43)48-44(49)27-15-29-46(48)50(38-32-30-35(31-33-38)34-16-5-3-6-17-34)45-28-12-10-22-40(45)41-25-14-21-37-20-13-24-39(47(37)41)36-18-7-4-8-19-36/h3-33H,1-2H3. The van der Waals surface area contributed by atoms with Crippen molar-refractivity contribution in [2.45, 2.75) is 19.3 Å². The van der Waals surface area contributed by atoms with Crippen LogP contribution < -0.4 is 4.90 Å². The van der Waals surface area contributed by atoms with Crippen molar-refractivity contribution < 1.29 is 0 Å². The molecule has 0 radical (unpaired) electrons. The van der Waals surface area contributed by atoms with E-state index in [-0.39, 0.29) is 5.41 Å². The molecular weight excluding hydrogens is 603 g/mol. The van der Waals surface area contributed by atoms with Gasteiger partial charge in [-0.3, -0.25) is 0 Å². The van der Waals surface area contributed by atoms with Gasteiger partial charge in [0.2, 0.25) is 0 Å². The number of hydrogen-bond acceptors (Lipinski definition) is 1. The summed E-state index contributed by atoms with van der Waals surface area (Å²) in [7, 11) is 0. The lowest BCUT2D eigenvalue weighted by Crippen LogP contribution is -2.16. The van der Waals surface area contributed by atoms with Gasteiger partial charge in [-0.05, 0) is 79.5 Å². The Kier molecular flexibility index (Phi) is 7.21. The molecule has 9 rings (SSSR count). The van der Waals surface area contributed by atoms with Gasteiger partial charge >= 0.3 is 0 Å². The van der Waals surface area contributed by atoms with Gasteiger partial charge in [-0.15, -0.1) is 0 Å². The normalized spacial score (nSPS) is 12.8. The highest BCUT2D eigenvalue weighted by Gasteiger charge is 2.38. The highest BCUT2D eigenvalue weighted by molar-refractivity contribution is 6.09. The van der Waals surface area contributed by atoms with Crippen LogP contribution in [0.25, 0.3) is 55.3 Å². The minimum Gasteiger partial charge on any atom is -0.309 e. The monoisotopic (exact) mass is 639 g/mol. The number of benzene rings is 8. The first-order chi connectivity index (χ1) is 24.6. The van der Waals surface area contributed by atoms with E-state index in [0.717, 1.165) is 11.4 Å². The second-order valence-corrected chi connectivity index (χ2v) is 13.7. The third-order valence-corrected chi connectivity index (χ3v) is 10.5. The van der Waals surface area contributed by atoms with Crippen LogP contribution in [0.4, 0.5) is 17.1 Å². The van der Waals surface area contributed by atoms with Crippen LogP contribution in [0.1, 0.15) is 25.0 Å². The van der Waals surface area contributed by atoms with E-state index in [0.29, 0.717) is 0 Å². The lowest BCUT2D eigenvalue weighted by atomic mass is 9.82. The Morgan fingerprint density at radius 3 is 1.62 bits per heavy atom. The number of hydrogen-bond donors (Lipinski definition) is 0. The second kappa shape index (κ2) is 12.1. The maximum Gasteiger partial charge on any atom is 0.0543 e. The fraction of sp³-hybridized carbons (Fsp3) is 0.0612. The Hall–Kier alpha value is -6.18. The fourth-order valence-corrected chi connectivity index (χ4v) is 8.08. The van der Waals surface area contributed by atoms with E-state index in [1.54, 1.807) is 0 Å². The summed E-state index contributed by atoms with van der Waals surface area (Å²) in [6.07, 6.45) is 0. The molecule has 0 aliphatic heterocycles. The van der Waals surface area contributed by atoms with E-state index in [9.17, 15) is 0 Å². The zero-order valence-electron chi connectivity index (χ0n) is 28.3. The predicted molar refractivity (Wildman–Crippen MR) is 213 cm³/mol. The van der Waals surface area contributed by atoms with E-state index < -0.39 is 0 Å². The fourth-order valence-electron chi connectivity index (χ4n) is 8.08. The smallest absolute Gasteiger partial charge is 0.0543 e. The molecule has 0 bridgehead atoms. The minimum absolute atomic E-state index is 0.107. The van der Waals surface area contributed by atoms with Crippen molar-refractivity contribution in [3.05, 3.63) is 199 Å². The van der Waals surface area contributed by atoms with Crippen LogP contribution in [0.3, 0.4) is 0 Å². The van der Waals surface area contributed by atoms with Crippen molar-refractivity contribution in [1.82, 2.24) is 0 Å². The molecule has 0 saturated carbocycles. The Bertz CT molecular complexity index is 2490. The molecule has 0 spiro atoms. The highest BCUT2D eigenvalue weighted by Crippen LogP contribution is 2.55. The quantitative estimate of drug-likeness (QED) is 0.175. The van der Waals surface area contributed by atoms with Crippen molar-refractivity contribution in [2.75, 3.05) is 4.90 Å². The number of fused-ring (bicyclic) bond motifs is 4. The number of anilines is 3. The molecule has 1 aliphatic carbocycles.